The molecule has 23 heavy (non-hydrogen) atoms. The lowest BCUT2D eigenvalue weighted by Crippen LogP contribution is -2.49. The second kappa shape index (κ2) is 6.56. The second-order valence-electron chi connectivity index (χ2n) is 6.19. The van der Waals surface area contributed by atoms with E-state index in [0.29, 0.717) is 25.1 Å². The van der Waals surface area contributed by atoms with Gasteiger partial charge in [-0.2, -0.15) is 0 Å². The maximum absolute atomic E-state index is 12.4. The third-order valence-corrected chi connectivity index (χ3v) is 4.54. The zero-order chi connectivity index (χ0) is 16.3. The standard InChI is InChI=1S/C18H23N3O2/c1-21-15(14-5-3-2-4-6-14)7-8-16(21)17(22)20-13-18(23)9-11-19-12-10-18/h2-8,19,23H,9-13H2,1H3,(H,20,22). The van der Waals surface area contributed by atoms with E-state index in [2.05, 4.69) is 10.6 Å². The van der Waals surface area contributed by atoms with Crippen molar-refractivity contribution in [3.8, 4) is 11.3 Å². The van der Waals surface area contributed by atoms with E-state index in [4.69, 9.17) is 0 Å². The summed E-state index contributed by atoms with van der Waals surface area (Å²) in [7, 11) is 1.89. The fourth-order valence-corrected chi connectivity index (χ4v) is 3.04. The third-order valence-electron chi connectivity index (χ3n) is 4.54. The van der Waals surface area contributed by atoms with Gasteiger partial charge in [-0.3, -0.25) is 4.79 Å². The van der Waals surface area contributed by atoms with Gasteiger partial charge in [0.25, 0.3) is 5.91 Å². The summed E-state index contributed by atoms with van der Waals surface area (Å²) in [6.45, 7) is 1.86. The highest BCUT2D eigenvalue weighted by Crippen LogP contribution is 2.21. The summed E-state index contributed by atoms with van der Waals surface area (Å²) >= 11 is 0. The van der Waals surface area contributed by atoms with Gasteiger partial charge < -0.3 is 20.3 Å². The molecule has 1 aromatic heterocycles. The van der Waals surface area contributed by atoms with Gasteiger partial charge >= 0.3 is 0 Å². The van der Waals surface area contributed by atoms with Crippen molar-refractivity contribution in [1.82, 2.24) is 15.2 Å². The van der Waals surface area contributed by atoms with Crippen molar-refractivity contribution in [3.05, 3.63) is 48.2 Å². The number of nitrogens with one attached hydrogen (secondary N) is 2. The number of aliphatic hydroxyl groups is 1. The predicted molar refractivity (Wildman–Crippen MR) is 90.2 cm³/mol. The SMILES string of the molecule is Cn1c(C(=O)NCC2(O)CCNCC2)ccc1-c1ccccc1. The molecule has 1 aliphatic rings. The van der Waals surface area contributed by atoms with Gasteiger partial charge in [0.1, 0.15) is 5.69 Å². The van der Waals surface area contributed by atoms with Crippen LogP contribution in [-0.4, -0.2) is 40.8 Å². The third kappa shape index (κ3) is 3.46. The van der Waals surface area contributed by atoms with E-state index in [1.54, 1.807) is 0 Å². The highest BCUT2D eigenvalue weighted by atomic mass is 16.3. The van der Waals surface area contributed by atoms with Crippen molar-refractivity contribution in [2.75, 3.05) is 19.6 Å². The first-order valence-corrected chi connectivity index (χ1v) is 8.01. The van der Waals surface area contributed by atoms with Crippen molar-refractivity contribution in [2.24, 2.45) is 7.05 Å². The van der Waals surface area contributed by atoms with Crippen LogP contribution in [0, 0.1) is 0 Å². The Balaban J connectivity index is 1.70. The maximum Gasteiger partial charge on any atom is 0.268 e. The van der Waals surface area contributed by atoms with E-state index < -0.39 is 5.60 Å². The monoisotopic (exact) mass is 313 g/mol. The average Bonchev–Trinajstić information content (AvgIpc) is 2.96. The number of aromatic nitrogens is 1. The average molecular weight is 313 g/mol. The summed E-state index contributed by atoms with van der Waals surface area (Å²) in [6.07, 6.45) is 1.32. The van der Waals surface area contributed by atoms with Crippen molar-refractivity contribution in [1.29, 1.82) is 0 Å². The Morgan fingerprint density at radius 2 is 1.91 bits per heavy atom. The molecule has 0 radical (unpaired) electrons. The maximum atomic E-state index is 12.4. The molecular weight excluding hydrogens is 290 g/mol. The molecule has 0 unspecified atom stereocenters. The van der Waals surface area contributed by atoms with Crippen molar-refractivity contribution >= 4 is 5.91 Å². The molecule has 2 aromatic rings. The zero-order valence-electron chi connectivity index (χ0n) is 13.4. The first-order chi connectivity index (χ1) is 11.1. The summed E-state index contributed by atoms with van der Waals surface area (Å²) in [5, 5.41) is 16.5. The summed E-state index contributed by atoms with van der Waals surface area (Å²) in [6, 6.07) is 13.8. The molecule has 1 aromatic carbocycles. The molecule has 3 rings (SSSR count). The molecule has 0 spiro atoms. The molecule has 3 N–H and O–H groups in total. The molecule has 0 saturated carbocycles. The van der Waals surface area contributed by atoms with Gasteiger partial charge in [-0.05, 0) is 43.6 Å². The fraction of sp³-hybridized carbons (Fsp3) is 0.389. The molecule has 0 aliphatic carbocycles. The van der Waals surface area contributed by atoms with Crippen LogP contribution in [0.4, 0.5) is 0 Å². The van der Waals surface area contributed by atoms with E-state index >= 15 is 0 Å². The number of nitrogens with zero attached hydrogens (tertiary/aromatic N) is 1. The molecule has 1 aliphatic heterocycles. The normalized spacial score (nSPS) is 17.0. The minimum atomic E-state index is -0.797. The number of carbonyl (C=O) groups is 1. The second-order valence-corrected chi connectivity index (χ2v) is 6.19. The van der Waals surface area contributed by atoms with Crippen molar-refractivity contribution in [2.45, 2.75) is 18.4 Å². The Bertz CT molecular complexity index is 673. The number of benzene rings is 1. The van der Waals surface area contributed by atoms with Crippen LogP contribution in [0.25, 0.3) is 11.3 Å². The summed E-state index contributed by atoms with van der Waals surface area (Å²) in [4.78, 5) is 12.4. The first kappa shape index (κ1) is 15.8. The quantitative estimate of drug-likeness (QED) is 0.802. The molecule has 0 bridgehead atoms. The number of amides is 1. The molecule has 1 saturated heterocycles. The van der Waals surface area contributed by atoms with E-state index in [1.165, 1.54) is 0 Å². The predicted octanol–water partition coefficient (Wildman–Crippen LogP) is 1.54. The highest BCUT2D eigenvalue weighted by molar-refractivity contribution is 5.93. The number of hydrogen-bond donors (Lipinski definition) is 3. The topological polar surface area (TPSA) is 66.3 Å². The number of piperidine rings is 1. The van der Waals surface area contributed by atoms with E-state index in [9.17, 15) is 9.90 Å². The molecule has 1 amide bonds. The number of rotatable bonds is 4. The van der Waals surface area contributed by atoms with E-state index in [-0.39, 0.29) is 5.91 Å². The van der Waals surface area contributed by atoms with Crippen molar-refractivity contribution < 1.29 is 9.90 Å². The van der Waals surface area contributed by atoms with Crippen LogP contribution in [0.15, 0.2) is 42.5 Å². The van der Waals surface area contributed by atoms with E-state index in [1.807, 2.05) is 54.1 Å². The van der Waals surface area contributed by atoms with Crippen LogP contribution >= 0.6 is 0 Å². The molecule has 1 fully saturated rings. The lowest BCUT2D eigenvalue weighted by Gasteiger charge is -2.32. The number of carbonyl (C=O) groups excluding carboxylic acids is 1. The van der Waals surface area contributed by atoms with Gasteiger partial charge in [-0.1, -0.05) is 30.3 Å². The Labute approximate surface area is 136 Å². The number of hydrogen-bond acceptors (Lipinski definition) is 3. The lowest BCUT2D eigenvalue weighted by molar-refractivity contribution is 0.0112. The summed E-state index contributed by atoms with van der Waals surface area (Å²) in [5.41, 5.74) is 1.87. The highest BCUT2D eigenvalue weighted by Gasteiger charge is 2.29. The van der Waals surface area contributed by atoms with Crippen LogP contribution < -0.4 is 10.6 Å². The van der Waals surface area contributed by atoms with Gasteiger partial charge in [-0.25, -0.2) is 0 Å². The first-order valence-electron chi connectivity index (χ1n) is 8.01. The zero-order valence-corrected chi connectivity index (χ0v) is 13.4. The molecule has 5 nitrogen and oxygen atoms in total. The largest absolute Gasteiger partial charge is 0.388 e. The molecular formula is C18H23N3O2. The fourth-order valence-electron chi connectivity index (χ4n) is 3.04. The van der Waals surface area contributed by atoms with Gasteiger partial charge in [0, 0.05) is 19.3 Å². The molecule has 2 heterocycles. The van der Waals surface area contributed by atoms with Crippen LogP contribution in [0.2, 0.25) is 0 Å². The van der Waals surface area contributed by atoms with Crippen LogP contribution in [-0.2, 0) is 7.05 Å². The van der Waals surface area contributed by atoms with Crippen molar-refractivity contribution in [3.63, 3.8) is 0 Å². The van der Waals surface area contributed by atoms with Gasteiger partial charge in [0.05, 0.1) is 5.60 Å². The minimum absolute atomic E-state index is 0.151. The minimum Gasteiger partial charge on any atom is -0.388 e. The van der Waals surface area contributed by atoms with Crippen LogP contribution in [0.5, 0.6) is 0 Å². The smallest absolute Gasteiger partial charge is 0.268 e. The Morgan fingerprint density at radius 1 is 1.22 bits per heavy atom. The Morgan fingerprint density at radius 3 is 2.61 bits per heavy atom. The molecule has 5 heteroatoms. The van der Waals surface area contributed by atoms with Gasteiger partial charge in [-0.15, -0.1) is 0 Å². The Hall–Kier alpha value is -2.11. The van der Waals surface area contributed by atoms with Crippen LogP contribution in [0.3, 0.4) is 0 Å². The summed E-state index contributed by atoms with van der Waals surface area (Å²) in [5.74, 6) is -0.151. The summed E-state index contributed by atoms with van der Waals surface area (Å²) < 4.78 is 1.89. The molecule has 0 atom stereocenters. The van der Waals surface area contributed by atoms with Crippen LogP contribution in [0.1, 0.15) is 23.3 Å². The Kier molecular flexibility index (Phi) is 4.50. The van der Waals surface area contributed by atoms with Gasteiger partial charge in [0.2, 0.25) is 0 Å². The lowest BCUT2D eigenvalue weighted by atomic mass is 9.92. The molecule has 122 valence electrons. The van der Waals surface area contributed by atoms with E-state index in [0.717, 1.165) is 24.3 Å². The van der Waals surface area contributed by atoms with Gasteiger partial charge in [0.15, 0.2) is 0 Å².